The van der Waals surface area contributed by atoms with Crippen molar-refractivity contribution in [1.82, 2.24) is 9.21 Å². The molecule has 0 saturated carbocycles. The molecule has 6 heteroatoms. The number of aryl methyl sites for hydroxylation is 1. The van der Waals surface area contributed by atoms with E-state index in [1.165, 1.54) is 4.31 Å². The number of piperidine rings is 1. The minimum Gasteiger partial charge on any atom is -0.334 e. The molecule has 0 bridgehead atoms. The number of nitrogens with zero attached hydrogens (tertiary/aromatic N) is 2. The first-order valence-electron chi connectivity index (χ1n) is 9.03. The van der Waals surface area contributed by atoms with Gasteiger partial charge >= 0.3 is 0 Å². The summed E-state index contributed by atoms with van der Waals surface area (Å²) in [6, 6.07) is 7.24. The van der Waals surface area contributed by atoms with Crippen LogP contribution in [0.3, 0.4) is 0 Å². The molecule has 1 amide bonds. The highest BCUT2D eigenvalue weighted by molar-refractivity contribution is 7.89. The fraction of sp³-hybridized carbons (Fsp3) is 0.632. The van der Waals surface area contributed by atoms with Crippen molar-refractivity contribution < 1.29 is 13.2 Å². The van der Waals surface area contributed by atoms with Gasteiger partial charge in [0.1, 0.15) is 0 Å². The van der Waals surface area contributed by atoms with Crippen LogP contribution in [0.4, 0.5) is 0 Å². The van der Waals surface area contributed by atoms with Gasteiger partial charge in [-0.25, -0.2) is 8.42 Å². The molecule has 1 aromatic rings. The van der Waals surface area contributed by atoms with Crippen molar-refractivity contribution in [2.75, 3.05) is 13.1 Å². The Morgan fingerprint density at radius 1 is 1.12 bits per heavy atom. The SMILES string of the molecule is Cc1ccc(S(=O)(=O)N2CCC(C(=O)N3[C@@H](C)CC3(C)C)CC2)cc1. The Kier molecular flexibility index (Phi) is 4.71. The number of hydrogen-bond donors (Lipinski definition) is 0. The predicted octanol–water partition coefficient (Wildman–Crippen LogP) is 2.80. The van der Waals surface area contributed by atoms with Gasteiger partial charge in [0.15, 0.2) is 0 Å². The summed E-state index contributed by atoms with van der Waals surface area (Å²) in [5, 5.41) is 0. The molecule has 3 rings (SSSR count). The van der Waals surface area contributed by atoms with Crippen molar-refractivity contribution in [3.05, 3.63) is 29.8 Å². The normalized spacial score (nSPS) is 24.8. The lowest BCUT2D eigenvalue weighted by atomic mass is 9.80. The van der Waals surface area contributed by atoms with E-state index < -0.39 is 10.0 Å². The number of amides is 1. The summed E-state index contributed by atoms with van der Waals surface area (Å²) in [7, 11) is -3.46. The Balaban J connectivity index is 1.65. The lowest BCUT2D eigenvalue weighted by Crippen LogP contribution is -2.65. The zero-order valence-corrected chi connectivity index (χ0v) is 16.3. The van der Waals surface area contributed by atoms with Crippen LogP contribution < -0.4 is 0 Å². The number of likely N-dealkylation sites (tertiary alicyclic amines) is 1. The Labute approximate surface area is 151 Å². The summed E-state index contributed by atoms with van der Waals surface area (Å²) in [6.45, 7) is 9.04. The van der Waals surface area contributed by atoms with Crippen molar-refractivity contribution in [2.45, 2.75) is 63.4 Å². The summed E-state index contributed by atoms with van der Waals surface area (Å²) in [5.41, 5.74) is 0.969. The van der Waals surface area contributed by atoms with Crippen LogP contribution in [0.5, 0.6) is 0 Å². The van der Waals surface area contributed by atoms with E-state index in [4.69, 9.17) is 0 Å². The molecule has 25 heavy (non-hydrogen) atoms. The molecule has 1 aromatic carbocycles. The van der Waals surface area contributed by atoms with Crippen molar-refractivity contribution in [2.24, 2.45) is 5.92 Å². The predicted molar refractivity (Wildman–Crippen MR) is 97.7 cm³/mol. The summed E-state index contributed by atoms with van der Waals surface area (Å²) in [5.74, 6) is 0.127. The van der Waals surface area contributed by atoms with Crippen LogP contribution in [-0.2, 0) is 14.8 Å². The van der Waals surface area contributed by atoms with E-state index >= 15 is 0 Å². The third-order valence-corrected chi connectivity index (χ3v) is 7.50. The van der Waals surface area contributed by atoms with Crippen LogP contribution in [0.2, 0.25) is 0 Å². The van der Waals surface area contributed by atoms with Crippen LogP contribution in [0.15, 0.2) is 29.2 Å². The number of hydrogen-bond acceptors (Lipinski definition) is 3. The van der Waals surface area contributed by atoms with Crippen LogP contribution in [-0.4, -0.2) is 48.2 Å². The highest BCUT2D eigenvalue weighted by Gasteiger charge is 2.47. The molecule has 2 heterocycles. The van der Waals surface area contributed by atoms with Crippen LogP contribution in [0.1, 0.15) is 45.6 Å². The van der Waals surface area contributed by atoms with Gasteiger partial charge in [0, 0.05) is 30.6 Å². The second kappa shape index (κ2) is 6.40. The molecule has 0 aliphatic carbocycles. The average Bonchev–Trinajstić information content (AvgIpc) is 2.54. The van der Waals surface area contributed by atoms with Gasteiger partial charge in [0.25, 0.3) is 0 Å². The standard InChI is InChI=1S/C19H28N2O3S/c1-14-5-7-17(8-6-14)25(23,24)20-11-9-16(10-12-20)18(22)21-15(2)13-19(21,3)4/h5-8,15-16H,9-13H2,1-4H3/t15-/m0/s1. The molecule has 2 saturated heterocycles. The Morgan fingerprint density at radius 2 is 1.68 bits per heavy atom. The van der Waals surface area contributed by atoms with Crippen molar-refractivity contribution in [1.29, 1.82) is 0 Å². The summed E-state index contributed by atoms with van der Waals surface area (Å²) in [4.78, 5) is 15.1. The van der Waals surface area contributed by atoms with Crippen LogP contribution in [0, 0.1) is 12.8 Å². The van der Waals surface area contributed by atoms with Gasteiger partial charge in [-0.15, -0.1) is 0 Å². The lowest BCUT2D eigenvalue weighted by molar-refractivity contribution is -0.158. The monoisotopic (exact) mass is 364 g/mol. The van der Waals surface area contributed by atoms with E-state index in [0.717, 1.165) is 12.0 Å². The van der Waals surface area contributed by atoms with Crippen molar-refractivity contribution >= 4 is 15.9 Å². The average molecular weight is 365 g/mol. The zero-order valence-electron chi connectivity index (χ0n) is 15.5. The van der Waals surface area contributed by atoms with E-state index in [9.17, 15) is 13.2 Å². The maximum atomic E-state index is 12.8. The molecule has 0 unspecified atom stereocenters. The first-order chi connectivity index (χ1) is 11.6. The quantitative estimate of drug-likeness (QED) is 0.829. The number of rotatable bonds is 3. The summed E-state index contributed by atoms with van der Waals surface area (Å²) in [6.07, 6.45) is 2.23. The zero-order chi connectivity index (χ0) is 18.4. The number of carbonyl (C=O) groups is 1. The largest absolute Gasteiger partial charge is 0.334 e. The Morgan fingerprint density at radius 3 is 2.16 bits per heavy atom. The van der Waals surface area contributed by atoms with Gasteiger partial charge in [0.05, 0.1) is 4.90 Å². The number of carbonyl (C=O) groups excluding carboxylic acids is 1. The minimum atomic E-state index is -3.46. The smallest absolute Gasteiger partial charge is 0.243 e. The van der Waals surface area contributed by atoms with E-state index in [1.54, 1.807) is 12.1 Å². The first-order valence-corrected chi connectivity index (χ1v) is 10.5. The molecule has 2 fully saturated rings. The van der Waals surface area contributed by atoms with Gasteiger partial charge in [-0.05, 0) is 59.1 Å². The molecule has 2 aliphatic heterocycles. The maximum absolute atomic E-state index is 12.8. The fourth-order valence-electron chi connectivity index (χ4n) is 4.31. The topological polar surface area (TPSA) is 57.7 Å². The highest BCUT2D eigenvalue weighted by atomic mass is 32.2. The van der Waals surface area contributed by atoms with Gasteiger partial charge < -0.3 is 4.90 Å². The second-order valence-corrected chi connectivity index (χ2v) is 10.0. The Bertz CT molecular complexity index is 747. The first kappa shape index (κ1) is 18.4. The molecule has 0 aromatic heterocycles. The van der Waals surface area contributed by atoms with Crippen molar-refractivity contribution in [3.8, 4) is 0 Å². The van der Waals surface area contributed by atoms with E-state index in [2.05, 4.69) is 20.8 Å². The molecule has 5 nitrogen and oxygen atoms in total. The summed E-state index contributed by atoms with van der Waals surface area (Å²) >= 11 is 0. The summed E-state index contributed by atoms with van der Waals surface area (Å²) < 4.78 is 27.0. The fourth-order valence-corrected chi connectivity index (χ4v) is 5.78. The van der Waals surface area contributed by atoms with E-state index in [1.807, 2.05) is 24.0 Å². The van der Waals surface area contributed by atoms with Gasteiger partial charge in [0.2, 0.25) is 15.9 Å². The molecular weight excluding hydrogens is 336 g/mol. The van der Waals surface area contributed by atoms with Crippen LogP contribution >= 0.6 is 0 Å². The van der Waals surface area contributed by atoms with E-state index in [-0.39, 0.29) is 23.4 Å². The van der Waals surface area contributed by atoms with Gasteiger partial charge in [-0.2, -0.15) is 4.31 Å². The molecule has 0 radical (unpaired) electrons. The second-order valence-electron chi connectivity index (χ2n) is 8.07. The molecule has 2 aliphatic rings. The molecule has 0 spiro atoms. The van der Waals surface area contributed by atoms with Gasteiger partial charge in [-0.3, -0.25) is 4.79 Å². The number of benzene rings is 1. The minimum absolute atomic E-state index is 0.0634. The molecular formula is C19H28N2O3S. The van der Waals surface area contributed by atoms with E-state index in [0.29, 0.717) is 30.8 Å². The van der Waals surface area contributed by atoms with Gasteiger partial charge in [-0.1, -0.05) is 17.7 Å². The Hall–Kier alpha value is -1.40. The molecule has 138 valence electrons. The lowest BCUT2D eigenvalue weighted by Gasteiger charge is -2.55. The number of sulfonamides is 1. The van der Waals surface area contributed by atoms with Crippen LogP contribution in [0.25, 0.3) is 0 Å². The van der Waals surface area contributed by atoms with Crippen molar-refractivity contribution in [3.63, 3.8) is 0 Å². The molecule has 0 N–H and O–H groups in total. The third-order valence-electron chi connectivity index (χ3n) is 5.59. The highest BCUT2D eigenvalue weighted by Crippen LogP contribution is 2.38. The maximum Gasteiger partial charge on any atom is 0.243 e. The molecule has 1 atom stereocenters. The third kappa shape index (κ3) is 3.34.